The Labute approximate surface area is 173 Å². The lowest BCUT2D eigenvalue weighted by molar-refractivity contribution is -0.139. The molecule has 1 aliphatic rings. The normalized spacial score (nSPS) is 16.8. The zero-order chi connectivity index (χ0) is 21.9. The summed E-state index contributed by atoms with van der Waals surface area (Å²) in [7, 11) is 1.38. The van der Waals surface area contributed by atoms with Gasteiger partial charge in [-0.1, -0.05) is 29.8 Å². The van der Waals surface area contributed by atoms with Gasteiger partial charge in [-0.2, -0.15) is 13.2 Å². The van der Waals surface area contributed by atoms with Crippen molar-refractivity contribution in [3.63, 3.8) is 0 Å². The Morgan fingerprint density at radius 3 is 2.43 bits per heavy atom. The fourth-order valence-corrected chi connectivity index (χ4v) is 3.61. The summed E-state index contributed by atoms with van der Waals surface area (Å²) in [4.78, 5) is 26.4. The van der Waals surface area contributed by atoms with Crippen molar-refractivity contribution in [1.29, 1.82) is 0 Å². The number of allylic oxidation sites excluding steroid dienone is 1. The molecule has 0 bridgehead atoms. The molecule has 1 fully saturated rings. The predicted molar refractivity (Wildman–Crippen MR) is 106 cm³/mol. The molecule has 1 aliphatic heterocycles. The summed E-state index contributed by atoms with van der Waals surface area (Å²) in [5, 5.41) is 0. The number of methoxy groups -OCH3 is 1. The third kappa shape index (κ3) is 4.72. The second kappa shape index (κ2) is 8.73. The molecule has 0 radical (unpaired) electrons. The molecule has 1 heterocycles. The second-order valence-electron chi connectivity index (χ2n) is 7.20. The zero-order valence-corrected chi connectivity index (χ0v) is 16.7. The van der Waals surface area contributed by atoms with E-state index in [1.165, 1.54) is 30.2 Å². The Kier molecular flexibility index (Phi) is 6.29. The van der Waals surface area contributed by atoms with Crippen LogP contribution in [0.1, 0.15) is 45.9 Å². The average molecular weight is 417 g/mol. The SMILES string of the molecule is COc1ccc(C(F)(F)F)c(C2CCCN2C(=O)/C=C/C(=O)c2ccc(C)cc2)c1. The molecule has 0 aliphatic carbocycles. The molecule has 1 atom stereocenters. The number of rotatable bonds is 5. The lowest BCUT2D eigenvalue weighted by Gasteiger charge is -2.27. The van der Waals surface area contributed by atoms with Crippen molar-refractivity contribution in [2.45, 2.75) is 32.0 Å². The van der Waals surface area contributed by atoms with Crippen LogP contribution in [-0.4, -0.2) is 30.2 Å². The highest BCUT2D eigenvalue weighted by molar-refractivity contribution is 6.07. The van der Waals surface area contributed by atoms with Crippen molar-refractivity contribution in [2.75, 3.05) is 13.7 Å². The van der Waals surface area contributed by atoms with E-state index in [9.17, 15) is 22.8 Å². The fraction of sp³-hybridized carbons (Fsp3) is 0.304. The highest BCUT2D eigenvalue weighted by atomic mass is 19.4. The summed E-state index contributed by atoms with van der Waals surface area (Å²) >= 11 is 0. The molecule has 0 spiro atoms. The highest BCUT2D eigenvalue weighted by Gasteiger charge is 2.39. The monoisotopic (exact) mass is 417 g/mol. The van der Waals surface area contributed by atoms with Gasteiger partial charge in [0.05, 0.1) is 18.7 Å². The number of nitrogens with zero attached hydrogens (tertiary/aromatic N) is 1. The van der Waals surface area contributed by atoms with Crippen LogP contribution in [0, 0.1) is 6.92 Å². The molecule has 1 amide bonds. The molecule has 1 saturated heterocycles. The third-order valence-electron chi connectivity index (χ3n) is 5.17. The average Bonchev–Trinajstić information content (AvgIpc) is 3.21. The van der Waals surface area contributed by atoms with Crippen LogP contribution < -0.4 is 4.74 Å². The number of carbonyl (C=O) groups is 2. The Morgan fingerprint density at radius 2 is 1.80 bits per heavy atom. The van der Waals surface area contributed by atoms with E-state index in [2.05, 4.69) is 0 Å². The summed E-state index contributed by atoms with van der Waals surface area (Å²) in [6.07, 6.45) is -1.27. The summed E-state index contributed by atoms with van der Waals surface area (Å²) in [6.45, 7) is 2.22. The molecule has 2 aromatic rings. The van der Waals surface area contributed by atoms with Gasteiger partial charge in [0, 0.05) is 18.2 Å². The lowest BCUT2D eigenvalue weighted by Crippen LogP contribution is -2.30. The van der Waals surface area contributed by atoms with Crippen molar-refractivity contribution < 1.29 is 27.5 Å². The molecule has 0 saturated carbocycles. The number of ketones is 1. The van der Waals surface area contributed by atoms with Gasteiger partial charge in [0.25, 0.3) is 0 Å². The number of hydrogen-bond donors (Lipinski definition) is 0. The number of hydrogen-bond acceptors (Lipinski definition) is 3. The van der Waals surface area contributed by atoms with E-state index >= 15 is 0 Å². The Balaban J connectivity index is 1.84. The van der Waals surface area contributed by atoms with E-state index in [0.717, 1.165) is 17.7 Å². The van der Waals surface area contributed by atoms with E-state index in [-0.39, 0.29) is 11.3 Å². The van der Waals surface area contributed by atoms with Crippen molar-refractivity contribution in [3.05, 3.63) is 76.9 Å². The van der Waals surface area contributed by atoms with Crippen LogP contribution in [0.2, 0.25) is 0 Å². The van der Waals surface area contributed by atoms with E-state index in [1.807, 2.05) is 6.92 Å². The summed E-state index contributed by atoms with van der Waals surface area (Å²) in [6, 6.07) is 9.75. The van der Waals surface area contributed by atoms with Crippen molar-refractivity contribution >= 4 is 11.7 Å². The maximum absolute atomic E-state index is 13.5. The van der Waals surface area contributed by atoms with Gasteiger partial charge in [0.1, 0.15) is 5.75 Å². The molecule has 0 aromatic heterocycles. The number of aryl methyl sites for hydroxylation is 1. The van der Waals surface area contributed by atoms with Crippen molar-refractivity contribution in [2.24, 2.45) is 0 Å². The van der Waals surface area contributed by atoms with Crippen LogP contribution in [0.4, 0.5) is 13.2 Å². The minimum Gasteiger partial charge on any atom is -0.497 e. The quantitative estimate of drug-likeness (QED) is 0.501. The summed E-state index contributed by atoms with van der Waals surface area (Å²) in [5.41, 5.74) is 0.665. The van der Waals surface area contributed by atoms with Crippen LogP contribution in [0.3, 0.4) is 0 Å². The van der Waals surface area contributed by atoms with Gasteiger partial charge in [-0.3, -0.25) is 9.59 Å². The molecular weight excluding hydrogens is 395 g/mol. The zero-order valence-electron chi connectivity index (χ0n) is 16.7. The van der Waals surface area contributed by atoms with Crippen LogP contribution in [0.25, 0.3) is 0 Å². The van der Waals surface area contributed by atoms with Crippen molar-refractivity contribution in [3.8, 4) is 5.75 Å². The molecule has 4 nitrogen and oxygen atoms in total. The first-order valence-corrected chi connectivity index (χ1v) is 9.55. The highest BCUT2D eigenvalue weighted by Crippen LogP contribution is 2.41. The van der Waals surface area contributed by atoms with E-state index < -0.39 is 23.7 Å². The van der Waals surface area contributed by atoms with Crippen LogP contribution in [-0.2, 0) is 11.0 Å². The topological polar surface area (TPSA) is 46.6 Å². The van der Waals surface area contributed by atoms with Crippen LogP contribution >= 0.6 is 0 Å². The standard InChI is InChI=1S/C23H22F3NO3/c1-15-5-7-16(8-6-15)21(28)11-12-22(29)27-13-3-4-20(27)18-14-17(30-2)9-10-19(18)23(24,25)26/h5-12,14,20H,3-4,13H2,1-2H3/b12-11+. The molecule has 30 heavy (non-hydrogen) atoms. The Morgan fingerprint density at radius 1 is 1.10 bits per heavy atom. The van der Waals surface area contributed by atoms with Gasteiger partial charge in [-0.15, -0.1) is 0 Å². The first-order chi connectivity index (χ1) is 14.2. The van der Waals surface area contributed by atoms with Crippen molar-refractivity contribution in [1.82, 2.24) is 4.90 Å². The number of benzene rings is 2. The molecule has 158 valence electrons. The van der Waals surface area contributed by atoms with Gasteiger partial charge in [0.2, 0.25) is 5.91 Å². The third-order valence-corrected chi connectivity index (χ3v) is 5.17. The molecule has 1 unspecified atom stereocenters. The lowest BCUT2D eigenvalue weighted by atomic mass is 9.97. The maximum atomic E-state index is 13.5. The fourth-order valence-electron chi connectivity index (χ4n) is 3.61. The Bertz CT molecular complexity index is 965. The van der Waals surface area contributed by atoms with E-state index in [4.69, 9.17) is 4.74 Å². The van der Waals surface area contributed by atoms with Gasteiger partial charge < -0.3 is 9.64 Å². The van der Waals surface area contributed by atoms with E-state index in [0.29, 0.717) is 30.7 Å². The van der Waals surface area contributed by atoms with Gasteiger partial charge in [-0.25, -0.2) is 0 Å². The summed E-state index contributed by atoms with van der Waals surface area (Å²) < 4.78 is 45.7. The number of halogens is 3. The second-order valence-corrected chi connectivity index (χ2v) is 7.20. The van der Waals surface area contributed by atoms with E-state index in [1.54, 1.807) is 24.3 Å². The van der Waals surface area contributed by atoms with Crippen LogP contribution in [0.15, 0.2) is 54.6 Å². The molecule has 2 aromatic carbocycles. The summed E-state index contributed by atoms with van der Waals surface area (Å²) in [5.74, 6) is -0.534. The smallest absolute Gasteiger partial charge is 0.416 e. The number of ether oxygens (including phenoxy) is 1. The maximum Gasteiger partial charge on any atom is 0.416 e. The first-order valence-electron chi connectivity index (χ1n) is 9.55. The number of carbonyl (C=O) groups excluding carboxylic acids is 2. The molecule has 0 N–H and O–H groups in total. The largest absolute Gasteiger partial charge is 0.497 e. The predicted octanol–water partition coefficient (Wildman–Crippen LogP) is 5.13. The van der Waals surface area contributed by atoms with Gasteiger partial charge in [0.15, 0.2) is 5.78 Å². The number of likely N-dealkylation sites (tertiary alicyclic amines) is 1. The first kappa shape index (κ1) is 21.6. The number of amides is 1. The minimum absolute atomic E-state index is 0.00552. The molecule has 3 rings (SSSR count). The number of alkyl halides is 3. The molecule has 7 heteroatoms. The van der Waals surface area contributed by atoms with Gasteiger partial charge in [-0.05, 0) is 49.6 Å². The van der Waals surface area contributed by atoms with Crippen LogP contribution in [0.5, 0.6) is 5.75 Å². The van der Waals surface area contributed by atoms with Gasteiger partial charge >= 0.3 is 6.18 Å². The molecular formula is C23H22F3NO3. The Hall–Kier alpha value is -3.09. The minimum atomic E-state index is -4.55.